The lowest BCUT2D eigenvalue weighted by Gasteiger charge is -2.23. The summed E-state index contributed by atoms with van der Waals surface area (Å²) >= 11 is 0. The summed E-state index contributed by atoms with van der Waals surface area (Å²) in [4.78, 5) is 23.4. The number of amides is 1. The van der Waals surface area contributed by atoms with Gasteiger partial charge in [-0.25, -0.2) is 9.97 Å². The number of hydrogen-bond acceptors (Lipinski definition) is 5. The van der Waals surface area contributed by atoms with Crippen LogP contribution in [0.2, 0.25) is 0 Å². The van der Waals surface area contributed by atoms with Gasteiger partial charge in [-0.2, -0.15) is 0 Å². The summed E-state index contributed by atoms with van der Waals surface area (Å²) in [5, 5.41) is 3.50. The fraction of sp³-hybridized carbons (Fsp3) is 0.688. The number of nitrogens with zero attached hydrogens (tertiary/aromatic N) is 3. The number of nitrogens with one attached hydrogen (secondary N) is 1. The van der Waals surface area contributed by atoms with Crippen molar-refractivity contribution in [1.29, 1.82) is 0 Å². The van der Waals surface area contributed by atoms with Gasteiger partial charge in [-0.3, -0.25) is 4.79 Å². The molecular formula is C16H22N4O2. The Labute approximate surface area is 130 Å². The van der Waals surface area contributed by atoms with Gasteiger partial charge in [0.1, 0.15) is 12.1 Å². The number of hydrogen-bond donors (Lipinski definition) is 1. The first kappa shape index (κ1) is 13.9. The minimum Gasteiger partial charge on any atom is -0.381 e. The monoisotopic (exact) mass is 302 g/mol. The minimum atomic E-state index is 0.0522. The van der Waals surface area contributed by atoms with Gasteiger partial charge >= 0.3 is 0 Å². The van der Waals surface area contributed by atoms with Crippen LogP contribution in [0.15, 0.2) is 6.33 Å². The highest BCUT2D eigenvalue weighted by molar-refractivity contribution is 5.79. The summed E-state index contributed by atoms with van der Waals surface area (Å²) in [7, 11) is 0. The molecule has 4 rings (SSSR count). The molecule has 0 aromatic carbocycles. The lowest BCUT2D eigenvalue weighted by atomic mass is 10.1. The Morgan fingerprint density at radius 2 is 2.09 bits per heavy atom. The lowest BCUT2D eigenvalue weighted by Crippen LogP contribution is -2.38. The minimum absolute atomic E-state index is 0.0522. The van der Waals surface area contributed by atoms with Crippen LogP contribution in [0.4, 0.5) is 5.82 Å². The average molecular weight is 302 g/mol. The highest BCUT2D eigenvalue weighted by Gasteiger charge is 2.30. The van der Waals surface area contributed by atoms with Crippen molar-refractivity contribution in [3.63, 3.8) is 0 Å². The van der Waals surface area contributed by atoms with Gasteiger partial charge in [0.2, 0.25) is 5.91 Å². The zero-order valence-corrected chi connectivity index (χ0v) is 12.8. The first-order valence-electron chi connectivity index (χ1n) is 8.27. The van der Waals surface area contributed by atoms with Crippen LogP contribution in [0.1, 0.15) is 30.5 Å². The second-order valence-electron chi connectivity index (χ2n) is 6.45. The van der Waals surface area contributed by atoms with E-state index in [1.165, 1.54) is 18.4 Å². The van der Waals surface area contributed by atoms with Crippen molar-refractivity contribution in [3.05, 3.63) is 17.6 Å². The number of aromatic nitrogens is 2. The van der Waals surface area contributed by atoms with Crippen LogP contribution in [0, 0.1) is 5.92 Å². The van der Waals surface area contributed by atoms with Gasteiger partial charge in [-0.1, -0.05) is 0 Å². The standard InChI is InChI=1S/C16H22N4O2/c21-16(11-5-8-22-9-11)20-6-3-13-14(4-7-20)17-10-18-15(13)19-12-1-2-12/h10-12H,1-9H2,(H,17,18,19)/t11-/m1/s1. The molecule has 1 N–H and O–H groups in total. The number of anilines is 1. The third-order valence-corrected chi connectivity index (χ3v) is 4.79. The predicted octanol–water partition coefficient (Wildman–Crippen LogP) is 1.01. The van der Waals surface area contributed by atoms with E-state index in [1.54, 1.807) is 6.33 Å². The lowest BCUT2D eigenvalue weighted by molar-refractivity contribution is -0.135. The summed E-state index contributed by atoms with van der Waals surface area (Å²) in [5.74, 6) is 1.28. The van der Waals surface area contributed by atoms with Crippen LogP contribution in [0.5, 0.6) is 0 Å². The van der Waals surface area contributed by atoms with E-state index in [2.05, 4.69) is 15.3 Å². The molecule has 3 aliphatic rings. The molecule has 1 aliphatic carbocycles. The number of fused-ring (bicyclic) bond motifs is 1. The molecule has 3 heterocycles. The molecule has 0 spiro atoms. The van der Waals surface area contributed by atoms with E-state index in [0.29, 0.717) is 19.3 Å². The molecule has 118 valence electrons. The highest BCUT2D eigenvalue weighted by atomic mass is 16.5. The molecule has 1 saturated heterocycles. The number of carbonyl (C=O) groups excluding carboxylic acids is 1. The Morgan fingerprint density at radius 3 is 2.86 bits per heavy atom. The molecule has 1 amide bonds. The van der Waals surface area contributed by atoms with Crippen molar-refractivity contribution in [2.45, 2.75) is 38.1 Å². The van der Waals surface area contributed by atoms with Crippen molar-refractivity contribution in [2.75, 3.05) is 31.6 Å². The molecule has 2 fully saturated rings. The largest absolute Gasteiger partial charge is 0.381 e. The van der Waals surface area contributed by atoms with Crippen LogP contribution < -0.4 is 5.32 Å². The maximum Gasteiger partial charge on any atom is 0.228 e. The van der Waals surface area contributed by atoms with Gasteiger partial charge in [0.05, 0.1) is 18.2 Å². The third kappa shape index (κ3) is 2.79. The number of ether oxygens (including phenoxy) is 1. The summed E-state index contributed by atoms with van der Waals surface area (Å²) < 4.78 is 5.35. The van der Waals surface area contributed by atoms with Crippen LogP contribution in [-0.2, 0) is 22.4 Å². The molecule has 2 aliphatic heterocycles. The Hall–Kier alpha value is -1.69. The number of rotatable bonds is 3. The molecule has 1 aromatic heterocycles. The van der Waals surface area contributed by atoms with Gasteiger partial charge in [-0.05, 0) is 25.7 Å². The molecule has 1 aromatic rings. The van der Waals surface area contributed by atoms with Crippen LogP contribution in [-0.4, -0.2) is 53.1 Å². The van der Waals surface area contributed by atoms with Crippen molar-refractivity contribution >= 4 is 11.7 Å². The second-order valence-corrected chi connectivity index (χ2v) is 6.45. The third-order valence-electron chi connectivity index (χ3n) is 4.79. The number of carbonyl (C=O) groups is 1. The summed E-state index contributed by atoms with van der Waals surface area (Å²) in [6.07, 6.45) is 6.61. The highest BCUT2D eigenvalue weighted by Crippen LogP contribution is 2.28. The van der Waals surface area contributed by atoms with E-state index in [1.807, 2.05) is 4.90 Å². The van der Waals surface area contributed by atoms with Gasteiger partial charge in [0.15, 0.2) is 0 Å². The van der Waals surface area contributed by atoms with Gasteiger partial charge in [0, 0.05) is 37.7 Å². The van der Waals surface area contributed by atoms with Crippen molar-refractivity contribution in [1.82, 2.24) is 14.9 Å². The zero-order valence-electron chi connectivity index (χ0n) is 12.8. The molecule has 6 nitrogen and oxygen atoms in total. The molecule has 1 atom stereocenters. The molecule has 0 bridgehead atoms. The Morgan fingerprint density at radius 1 is 1.23 bits per heavy atom. The first-order valence-corrected chi connectivity index (χ1v) is 8.27. The van der Waals surface area contributed by atoms with Crippen LogP contribution >= 0.6 is 0 Å². The summed E-state index contributed by atoms with van der Waals surface area (Å²) in [5.41, 5.74) is 2.29. The maximum absolute atomic E-state index is 12.6. The smallest absolute Gasteiger partial charge is 0.228 e. The normalized spacial score (nSPS) is 24.7. The molecule has 1 saturated carbocycles. The van der Waals surface area contributed by atoms with Gasteiger partial charge < -0.3 is 15.0 Å². The first-order chi connectivity index (χ1) is 10.8. The molecular weight excluding hydrogens is 280 g/mol. The molecule has 0 unspecified atom stereocenters. The van der Waals surface area contributed by atoms with E-state index < -0.39 is 0 Å². The SMILES string of the molecule is O=C([C@@H]1CCOC1)N1CCc2ncnc(NC3CC3)c2CC1. The fourth-order valence-corrected chi connectivity index (χ4v) is 3.28. The van der Waals surface area contributed by atoms with Gasteiger partial charge in [-0.15, -0.1) is 0 Å². The maximum atomic E-state index is 12.6. The van der Waals surface area contributed by atoms with Crippen molar-refractivity contribution in [3.8, 4) is 0 Å². The summed E-state index contributed by atoms with van der Waals surface area (Å²) in [6, 6.07) is 0.579. The van der Waals surface area contributed by atoms with Crippen molar-refractivity contribution < 1.29 is 9.53 Å². The van der Waals surface area contributed by atoms with E-state index in [-0.39, 0.29) is 11.8 Å². The van der Waals surface area contributed by atoms with Gasteiger partial charge in [0.25, 0.3) is 0 Å². The Bertz CT molecular complexity index is 567. The Balaban J connectivity index is 1.48. The molecule has 6 heteroatoms. The topological polar surface area (TPSA) is 67.3 Å². The van der Waals surface area contributed by atoms with Crippen molar-refractivity contribution in [2.24, 2.45) is 5.92 Å². The second kappa shape index (κ2) is 5.83. The van der Waals surface area contributed by atoms with E-state index >= 15 is 0 Å². The van der Waals surface area contributed by atoms with Crippen LogP contribution in [0.25, 0.3) is 0 Å². The van der Waals surface area contributed by atoms with E-state index in [9.17, 15) is 4.79 Å². The van der Waals surface area contributed by atoms with E-state index in [4.69, 9.17) is 4.74 Å². The Kier molecular flexibility index (Phi) is 3.70. The quantitative estimate of drug-likeness (QED) is 0.903. The summed E-state index contributed by atoms with van der Waals surface area (Å²) in [6.45, 7) is 2.80. The molecule has 22 heavy (non-hydrogen) atoms. The average Bonchev–Trinajstić information content (AvgIpc) is 3.23. The van der Waals surface area contributed by atoms with Crippen LogP contribution in [0.3, 0.4) is 0 Å². The van der Waals surface area contributed by atoms with E-state index in [0.717, 1.165) is 43.9 Å². The predicted molar refractivity (Wildman–Crippen MR) is 81.6 cm³/mol. The fourth-order valence-electron chi connectivity index (χ4n) is 3.28. The zero-order chi connectivity index (χ0) is 14.9. The molecule has 0 radical (unpaired) electrons.